The van der Waals surface area contributed by atoms with Gasteiger partial charge in [0.2, 0.25) is 0 Å². The maximum absolute atomic E-state index is 12.8. The quantitative estimate of drug-likeness (QED) is 0.629. The van der Waals surface area contributed by atoms with Crippen molar-refractivity contribution in [1.82, 2.24) is 9.88 Å². The summed E-state index contributed by atoms with van der Waals surface area (Å²) in [5.74, 6) is 0. The summed E-state index contributed by atoms with van der Waals surface area (Å²) >= 11 is 0.365. The minimum atomic E-state index is -1.34. The van der Waals surface area contributed by atoms with Gasteiger partial charge in [-0.3, -0.25) is 0 Å². The molecule has 6 nitrogen and oxygen atoms in total. The highest BCUT2D eigenvalue weighted by Gasteiger charge is 2.50. The number of aryl methyl sites for hydroxylation is 1. The Balaban J connectivity index is 1.84. The average molecular weight is 426 g/mol. The molecule has 156 valence electrons. The lowest BCUT2D eigenvalue weighted by Crippen LogP contribution is -2.47. The van der Waals surface area contributed by atoms with Gasteiger partial charge in [-0.1, -0.05) is 4.40 Å². The number of carbonyl (C=O) groups excluding carboxylic acids is 1. The Bertz CT molecular complexity index is 782. The van der Waals surface area contributed by atoms with Crippen molar-refractivity contribution in [3.63, 3.8) is 0 Å². The average Bonchev–Trinajstić information content (AvgIpc) is 3.00. The van der Waals surface area contributed by atoms with Crippen LogP contribution in [0, 0.1) is 12.3 Å². The molecule has 1 atom stereocenters. The number of hydrogen-bond acceptors (Lipinski definition) is 6. The third-order valence-corrected chi connectivity index (χ3v) is 7.47. The molecule has 1 spiro atoms. The van der Waals surface area contributed by atoms with Gasteiger partial charge >= 0.3 is 6.09 Å². The zero-order valence-electron chi connectivity index (χ0n) is 17.9. The summed E-state index contributed by atoms with van der Waals surface area (Å²) in [6.45, 7) is 14.7. The van der Waals surface area contributed by atoms with Gasteiger partial charge in [-0.25, -0.2) is 9.78 Å². The van der Waals surface area contributed by atoms with Crippen LogP contribution in [0.1, 0.15) is 70.0 Å². The Hall–Kier alpha value is -1.12. The number of likely N-dealkylation sites (tertiary alicyclic amines) is 1. The van der Waals surface area contributed by atoms with E-state index >= 15 is 0 Å². The van der Waals surface area contributed by atoms with Crippen molar-refractivity contribution in [2.45, 2.75) is 78.1 Å². The lowest BCUT2D eigenvalue weighted by Gasteiger charge is -2.39. The van der Waals surface area contributed by atoms with Crippen molar-refractivity contribution in [2.75, 3.05) is 13.1 Å². The van der Waals surface area contributed by atoms with Crippen LogP contribution in [-0.4, -0.2) is 49.7 Å². The van der Waals surface area contributed by atoms with Gasteiger partial charge in [-0.15, -0.1) is 11.3 Å². The van der Waals surface area contributed by atoms with E-state index in [1.165, 1.54) is 4.88 Å². The second-order valence-corrected chi connectivity index (χ2v) is 12.9. The molecule has 1 aliphatic carbocycles. The lowest BCUT2D eigenvalue weighted by molar-refractivity contribution is 0.0159. The molecule has 1 saturated heterocycles. The van der Waals surface area contributed by atoms with Gasteiger partial charge < -0.3 is 14.2 Å². The standard InChI is InChI=1S/C20H31N3O3S2/c1-13-21-15-14(27-13)12-20(16(15)22-28(25)19(5,6)7)8-10-23(11-9-20)17(24)26-18(2,3)4/h8-12H2,1-7H3. The van der Waals surface area contributed by atoms with Gasteiger partial charge in [0.15, 0.2) is 0 Å². The predicted octanol–water partition coefficient (Wildman–Crippen LogP) is 4.28. The SMILES string of the molecule is Cc1nc2c(s1)CC1(CCN(C(=O)OC(C)(C)C)CC1)C2=N[S+]([O-])C(C)(C)C. The van der Waals surface area contributed by atoms with E-state index in [2.05, 4.69) is 0 Å². The molecule has 2 heterocycles. The van der Waals surface area contributed by atoms with E-state index in [4.69, 9.17) is 14.1 Å². The summed E-state index contributed by atoms with van der Waals surface area (Å²) in [5.41, 5.74) is 1.12. The van der Waals surface area contributed by atoms with E-state index in [0.717, 1.165) is 35.7 Å². The van der Waals surface area contributed by atoms with Crippen molar-refractivity contribution in [1.29, 1.82) is 0 Å². The second-order valence-electron chi connectivity index (χ2n) is 9.73. The molecule has 1 aromatic rings. The molecular formula is C20H31N3O3S2. The van der Waals surface area contributed by atoms with Crippen molar-refractivity contribution < 1.29 is 14.1 Å². The Kier molecular flexibility index (Phi) is 5.62. The lowest BCUT2D eigenvalue weighted by atomic mass is 9.75. The van der Waals surface area contributed by atoms with Gasteiger partial charge in [-0.2, -0.15) is 0 Å². The zero-order chi connectivity index (χ0) is 20.9. The van der Waals surface area contributed by atoms with Crippen molar-refractivity contribution in [3.8, 4) is 0 Å². The Morgan fingerprint density at radius 2 is 1.86 bits per heavy atom. The van der Waals surface area contributed by atoms with Gasteiger partial charge in [0.25, 0.3) is 0 Å². The molecule has 0 saturated carbocycles. The van der Waals surface area contributed by atoms with E-state index < -0.39 is 21.7 Å². The molecule has 1 unspecified atom stereocenters. The number of hydrogen-bond donors (Lipinski definition) is 0. The fourth-order valence-electron chi connectivity index (χ4n) is 3.63. The number of piperidine rings is 1. The zero-order valence-corrected chi connectivity index (χ0v) is 19.6. The van der Waals surface area contributed by atoms with Gasteiger partial charge in [0.1, 0.15) is 33.1 Å². The van der Waals surface area contributed by atoms with Crippen LogP contribution in [0.3, 0.4) is 0 Å². The van der Waals surface area contributed by atoms with Gasteiger partial charge in [0.05, 0.1) is 5.01 Å². The van der Waals surface area contributed by atoms with E-state index in [0.29, 0.717) is 13.1 Å². The van der Waals surface area contributed by atoms with Crippen molar-refractivity contribution in [3.05, 3.63) is 15.6 Å². The first-order valence-electron chi connectivity index (χ1n) is 9.77. The van der Waals surface area contributed by atoms with Crippen LogP contribution in [-0.2, 0) is 22.5 Å². The molecule has 1 fully saturated rings. The first-order valence-corrected chi connectivity index (χ1v) is 11.7. The Morgan fingerprint density at radius 1 is 1.25 bits per heavy atom. The van der Waals surface area contributed by atoms with Crippen molar-refractivity contribution >= 4 is 34.5 Å². The summed E-state index contributed by atoms with van der Waals surface area (Å²) in [6, 6.07) is 0. The van der Waals surface area contributed by atoms with Crippen LogP contribution in [0.2, 0.25) is 0 Å². The normalized spacial score (nSPS) is 21.9. The maximum atomic E-state index is 12.8. The number of nitrogens with zero attached hydrogens (tertiary/aromatic N) is 3. The number of rotatable bonds is 1. The number of aromatic nitrogens is 1. The second kappa shape index (κ2) is 7.29. The monoisotopic (exact) mass is 425 g/mol. The molecule has 2 aliphatic rings. The summed E-state index contributed by atoms with van der Waals surface area (Å²) in [6.07, 6.45) is 2.18. The molecule has 28 heavy (non-hydrogen) atoms. The van der Waals surface area contributed by atoms with Crippen LogP contribution >= 0.6 is 11.3 Å². The van der Waals surface area contributed by atoms with Gasteiger partial charge in [0, 0.05) is 23.4 Å². The van der Waals surface area contributed by atoms with Crippen LogP contribution in [0.25, 0.3) is 0 Å². The number of ether oxygens (including phenoxy) is 1. The molecule has 8 heteroatoms. The largest absolute Gasteiger partial charge is 0.591 e. The van der Waals surface area contributed by atoms with E-state index in [-0.39, 0.29) is 11.5 Å². The highest BCUT2D eigenvalue weighted by atomic mass is 32.2. The molecule has 0 radical (unpaired) electrons. The minimum Gasteiger partial charge on any atom is -0.591 e. The summed E-state index contributed by atoms with van der Waals surface area (Å²) < 4.78 is 22.6. The van der Waals surface area contributed by atoms with Gasteiger partial charge in [-0.05, 0) is 67.7 Å². The Morgan fingerprint density at radius 3 is 2.39 bits per heavy atom. The van der Waals surface area contributed by atoms with E-state index in [9.17, 15) is 9.35 Å². The highest BCUT2D eigenvalue weighted by molar-refractivity contribution is 7.91. The predicted molar refractivity (Wildman–Crippen MR) is 114 cm³/mol. The first-order chi connectivity index (χ1) is 12.8. The maximum Gasteiger partial charge on any atom is 0.410 e. The topological polar surface area (TPSA) is 77.9 Å². The van der Waals surface area contributed by atoms with Crippen LogP contribution in [0.4, 0.5) is 4.79 Å². The van der Waals surface area contributed by atoms with Crippen LogP contribution in [0.15, 0.2) is 4.40 Å². The molecule has 0 bridgehead atoms. The fourth-order valence-corrected chi connectivity index (χ4v) is 5.43. The van der Waals surface area contributed by atoms with E-state index in [1.807, 2.05) is 48.5 Å². The summed E-state index contributed by atoms with van der Waals surface area (Å²) in [4.78, 5) is 20.2. The fraction of sp³-hybridized carbons (Fsp3) is 0.750. The molecule has 3 rings (SSSR count). The Labute approximate surface area is 175 Å². The molecular weight excluding hydrogens is 394 g/mol. The minimum absolute atomic E-state index is 0.179. The highest BCUT2D eigenvalue weighted by Crippen LogP contribution is 2.47. The third kappa shape index (κ3) is 4.39. The third-order valence-electron chi connectivity index (χ3n) is 5.10. The van der Waals surface area contributed by atoms with Crippen LogP contribution in [0.5, 0.6) is 0 Å². The molecule has 1 aliphatic heterocycles. The number of carbonyl (C=O) groups is 1. The number of thiazole rings is 1. The smallest absolute Gasteiger partial charge is 0.410 e. The number of fused-ring (bicyclic) bond motifs is 1. The van der Waals surface area contributed by atoms with E-state index in [1.54, 1.807) is 16.2 Å². The van der Waals surface area contributed by atoms with Crippen LogP contribution < -0.4 is 0 Å². The summed E-state index contributed by atoms with van der Waals surface area (Å²) in [7, 11) is 0. The summed E-state index contributed by atoms with van der Waals surface area (Å²) in [5, 5.41) is 1.01. The molecule has 0 N–H and O–H groups in total. The molecule has 0 aromatic carbocycles. The number of amides is 1. The first kappa shape index (κ1) is 21.6. The molecule has 1 aromatic heterocycles. The molecule has 1 amide bonds. The van der Waals surface area contributed by atoms with Crippen molar-refractivity contribution in [2.24, 2.45) is 9.81 Å².